The van der Waals surface area contributed by atoms with Crippen LogP contribution in [0.15, 0.2) is 24.3 Å². The van der Waals surface area contributed by atoms with Crippen molar-refractivity contribution in [3.63, 3.8) is 0 Å². The maximum atomic E-state index is 10.4. The Bertz CT molecular complexity index is 668. The largest absolute Gasteiger partial charge is 0.497 e. The molecule has 5 heteroatoms. The third-order valence-corrected chi connectivity index (χ3v) is 4.66. The summed E-state index contributed by atoms with van der Waals surface area (Å²) in [7, 11) is 1.69. The van der Waals surface area contributed by atoms with Crippen LogP contribution in [0.2, 0.25) is 0 Å². The molecule has 1 aromatic carbocycles. The topological polar surface area (TPSA) is 61.4 Å². The maximum Gasteiger partial charge on any atom is 0.119 e. The number of rotatable bonds is 5. The summed E-state index contributed by atoms with van der Waals surface area (Å²) in [4.78, 5) is 2.32. The van der Waals surface area contributed by atoms with Crippen LogP contribution < -0.4 is 4.74 Å². The number of aliphatic hydroxyl groups excluding tert-OH is 1. The van der Waals surface area contributed by atoms with Crippen molar-refractivity contribution < 1.29 is 9.84 Å². The van der Waals surface area contributed by atoms with E-state index in [1.165, 1.54) is 11.1 Å². The molecule has 1 aromatic heterocycles. The number of aryl methyl sites for hydroxylation is 2. The molecule has 2 heterocycles. The number of aromatic amines is 1. The normalized spacial score (nSPS) is 21.7. The Morgan fingerprint density at radius 2 is 2.13 bits per heavy atom. The summed E-state index contributed by atoms with van der Waals surface area (Å²) in [6.07, 6.45) is 0.536. The van der Waals surface area contributed by atoms with Crippen LogP contribution in [0.5, 0.6) is 5.75 Å². The summed E-state index contributed by atoms with van der Waals surface area (Å²) in [5.41, 5.74) is 4.62. The molecule has 124 valence electrons. The molecule has 0 saturated carbocycles. The number of H-pyrrole nitrogens is 1. The zero-order valence-corrected chi connectivity index (χ0v) is 14.0. The van der Waals surface area contributed by atoms with Gasteiger partial charge in [-0.1, -0.05) is 6.07 Å². The van der Waals surface area contributed by atoms with Crippen molar-refractivity contribution in [1.29, 1.82) is 0 Å². The lowest BCUT2D eigenvalue weighted by Crippen LogP contribution is -2.21. The Morgan fingerprint density at radius 1 is 1.30 bits per heavy atom. The highest BCUT2D eigenvalue weighted by molar-refractivity contribution is 5.34. The molecule has 2 aromatic rings. The van der Waals surface area contributed by atoms with Crippen molar-refractivity contribution in [2.45, 2.75) is 32.9 Å². The highest BCUT2D eigenvalue weighted by Crippen LogP contribution is 2.25. The van der Waals surface area contributed by atoms with E-state index >= 15 is 0 Å². The van der Waals surface area contributed by atoms with Gasteiger partial charge in [-0.25, -0.2) is 0 Å². The average Bonchev–Trinajstić information content (AvgIpc) is 3.08. The second kappa shape index (κ2) is 6.72. The van der Waals surface area contributed by atoms with Crippen molar-refractivity contribution in [2.75, 3.05) is 20.2 Å². The summed E-state index contributed by atoms with van der Waals surface area (Å²) >= 11 is 0. The first kappa shape index (κ1) is 16.0. The first-order valence-corrected chi connectivity index (χ1v) is 8.10. The Hall–Kier alpha value is -1.85. The first-order chi connectivity index (χ1) is 11.0. The third-order valence-electron chi connectivity index (χ3n) is 4.66. The van der Waals surface area contributed by atoms with Gasteiger partial charge in [0.2, 0.25) is 0 Å². The average molecular weight is 315 g/mol. The van der Waals surface area contributed by atoms with Crippen LogP contribution >= 0.6 is 0 Å². The highest BCUT2D eigenvalue weighted by Gasteiger charge is 2.31. The first-order valence-electron chi connectivity index (χ1n) is 8.10. The number of methoxy groups -OCH3 is 1. The predicted octanol–water partition coefficient (Wildman–Crippen LogP) is 2.07. The van der Waals surface area contributed by atoms with E-state index in [9.17, 15) is 5.11 Å². The van der Waals surface area contributed by atoms with Crippen molar-refractivity contribution in [1.82, 2.24) is 15.1 Å². The fourth-order valence-electron chi connectivity index (χ4n) is 3.33. The van der Waals surface area contributed by atoms with Crippen molar-refractivity contribution in [3.8, 4) is 5.75 Å². The minimum Gasteiger partial charge on any atom is -0.497 e. The van der Waals surface area contributed by atoms with E-state index in [0.29, 0.717) is 0 Å². The maximum absolute atomic E-state index is 10.4. The number of likely N-dealkylation sites (tertiary alicyclic amines) is 1. The molecule has 23 heavy (non-hydrogen) atoms. The van der Waals surface area contributed by atoms with Gasteiger partial charge in [0.05, 0.1) is 18.9 Å². The molecule has 2 atom stereocenters. The number of aromatic nitrogens is 2. The monoisotopic (exact) mass is 315 g/mol. The zero-order chi connectivity index (χ0) is 16.4. The van der Waals surface area contributed by atoms with E-state index in [4.69, 9.17) is 4.74 Å². The Labute approximate surface area is 137 Å². The van der Waals surface area contributed by atoms with Crippen molar-refractivity contribution in [2.24, 2.45) is 5.92 Å². The van der Waals surface area contributed by atoms with E-state index in [0.717, 1.165) is 43.2 Å². The summed E-state index contributed by atoms with van der Waals surface area (Å²) < 4.78 is 5.26. The lowest BCUT2D eigenvalue weighted by molar-refractivity contribution is 0.140. The summed E-state index contributed by atoms with van der Waals surface area (Å²) in [6.45, 7) is 6.59. The fraction of sp³-hybridized carbons (Fsp3) is 0.500. The van der Waals surface area contributed by atoms with Gasteiger partial charge in [-0.05, 0) is 49.6 Å². The lowest BCUT2D eigenvalue weighted by atomic mass is 10.00. The minimum atomic E-state index is -0.287. The summed E-state index contributed by atoms with van der Waals surface area (Å²) in [5.74, 6) is 1.13. The van der Waals surface area contributed by atoms with Gasteiger partial charge in [0.1, 0.15) is 5.75 Å². The molecule has 1 fully saturated rings. The molecule has 1 aliphatic rings. The van der Waals surface area contributed by atoms with Crippen LogP contribution in [0.4, 0.5) is 0 Å². The van der Waals surface area contributed by atoms with Crippen molar-refractivity contribution >= 4 is 0 Å². The minimum absolute atomic E-state index is 0.247. The lowest BCUT2D eigenvalue weighted by Gasteiger charge is -2.17. The third kappa shape index (κ3) is 3.74. The van der Waals surface area contributed by atoms with Gasteiger partial charge in [-0.3, -0.25) is 10.00 Å². The number of nitrogens with zero attached hydrogens (tertiary/aromatic N) is 2. The van der Waals surface area contributed by atoms with E-state index in [2.05, 4.69) is 40.2 Å². The number of ether oxygens (including phenoxy) is 1. The SMILES string of the molecule is COc1ccc(CN2CC(O)C(Cc3cc(C)[nH]n3)C2)c(C)c1. The Morgan fingerprint density at radius 3 is 2.78 bits per heavy atom. The van der Waals surface area contributed by atoms with Gasteiger partial charge in [-0.15, -0.1) is 0 Å². The number of hydrogen-bond acceptors (Lipinski definition) is 4. The van der Waals surface area contributed by atoms with Gasteiger partial charge >= 0.3 is 0 Å². The number of aliphatic hydroxyl groups is 1. The van der Waals surface area contributed by atoms with Gasteiger partial charge in [0.15, 0.2) is 0 Å². The molecule has 2 unspecified atom stereocenters. The number of benzene rings is 1. The Balaban J connectivity index is 1.62. The second-order valence-electron chi connectivity index (χ2n) is 6.56. The highest BCUT2D eigenvalue weighted by atomic mass is 16.5. The van der Waals surface area contributed by atoms with Gasteiger partial charge in [-0.2, -0.15) is 5.10 Å². The Kier molecular flexibility index (Phi) is 4.68. The van der Waals surface area contributed by atoms with Gasteiger partial charge < -0.3 is 9.84 Å². The van der Waals surface area contributed by atoms with Crippen LogP contribution in [0, 0.1) is 19.8 Å². The van der Waals surface area contributed by atoms with Crippen LogP contribution in [0.1, 0.15) is 22.5 Å². The quantitative estimate of drug-likeness (QED) is 0.887. The zero-order valence-electron chi connectivity index (χ0n) is 14.0. The van der Waals surface area contributed by atoms with Crippen LogP contribution in [-0.2, 0) is 13.0 Å². The van der Waals surface area contributed by atoms with Gasteiger partial charge in [0.25, 0.3) is 0 Å². The van der Waals surface area contributed by atoms with E-state index in [-0.39, 0.29) is 12.0 Å². The number of nitrogens with one attached hydrogen (secondary N) is 1. The van der Waals surface area contributed by atoms with Gasteiger partial charge in [0, 0.05) is 31.2 Å². The predicted molar refractivity (Wildman–Crippen MR) is 89.5 cm³/mol. The molecule has 1 aliphatic heterocycles. The molecule has 0 aliphatic carbocycles. The van der Waals surface area contributed by atoms with E-state index < -0.39 is 0 Å². The van der Waals surface area contributed by atoms with Crippen molar-refractivity contribution in [3.05, 3.63) is 46.8 Å². The van der Waals surface area contributed by atoms with E-state index in [1.807, 2.05) is 13.0 Å². The number of β-amino-alcohol motifs (C(OH)–C–C–N with tert-alkyl or cyclic N) is 1. The smallest absolute Gasteiger partial charge is 0.119 e. The van der Waals surface area contributed by atoms with Crippen LogP contribution in [0.3, 0.4) is 0 Å². The molecule has 0 bridgehead atoms. The molecular weight excluding hydrogens is 290 g/mol. The molecule has 3 rings (SSSR count). The molecule has 5 nitrogen and oxygen atoms in total. The molecule has 1 saturated heterocycles. The molecule has 2 N–H and O–H groups in total. The summed E-state index contributed by atoms with van der Waals surface area (Å²) in [5, 5.41) is 17.6. The van der Waals surface area contributed by atoms with Crippen LogP contribution in [0.25, 0.3) is 0 Å². The molecule has 0 radical (unpaired) electrons. The van der Waals surface area contributed by atoms with E-state index in [1.54, 1.807) is 7.11 Å². The molecule has 0 spiro atoms. The standard InChI is InChI=1S/C18H25N3O2/c1-12-6-17(23-3)5-4-14(12)9-21-10-15(18(22)11-21)8-16-7-13(2)19-20-16/h4-7,15,18,22H,8-11H2,1-3H3,(H,19,20). The van der Waals surface area contributed by atoms with Crippen LogP contribution in [-0.4, -0.2) is 46.5 Å². The second-order valence-corrected chi connectivity index (χ2v) is 6.56. The number of hydrogen-bond donors (Lipinski definition) is 2. The molecule has 0 amide bonds. The fourth-order valence-corrected chi connectivity index (χ4v) is 3.33. The summed E-state index contributed by atoms with van der Waals surface area (Å²) in [6, 6.07) is 8.23. The molecular formula is C18H25N3O2.